The first-order valence-electron chi connectivity index (χ1n) is 8.79. The first-order chi connectivity index (χ1) is 11.7. The van der Waals surface area contributed by atoms with E-state index in [1.807, 2.05) is 0 Å². The van der Waals surface area contributed by atoms with E-state index in [-0.39, 0.29) is 11.9 Å². The molecule has 2 N–H and O–H groups in total. The second-order valence-corrected chi connectivity index (χ2v) is 6.81. The number of aliphatic hydroxyl groups excluding tert-OH is 1. The summed E-state index contributed by atoms with van der Waals surface area (Å²) in [6, 6.07) is 1.46. The molecule has 24 heavy (non-hydrogen) atoms. The lowest BCUT2D eigenvalue weighted by Gasteiger charge is -2.28. The van der Waals surface area contributed by atoms with Crippen LogP contribution in [0.4, 0.5) is 10.3 Å². The molecule has 2 aromatic rings. The van der Waals surface area contributed by atoms with Gasteiger partial charge in [0.25, 0.3) is 0 Å². The second kappa shape index (κ2) is 6.64. The number of anilines is 1. The number of nitrogens with one attached hydrogen (secondary N) is 1. The molecule has 0 radical (unpaired) electrons. The molecule has 0 amide bonds. The van der Waals surface area contributed by atoms with Gasteiger partial charge in [-0.1, -0.05) is 19.3 Å². The minimum absolute atomic E-state index is 0.144. The molecule has 130 valence electrons. The van der Waals surface area contributed by atoms with Gasteiger partial charge in [-0.3, -0.25) is 0 Å². The van der Waals surface area contributed by atoms with Crippen LogP contribution in [-0.2, 0) is 4.74 Å². The molecule has 1 aliphatic carbocycles. The Kier molecular flexibility index (Phi) is 4.37. The minimum atomic E-state index is -0.586. The highest BCUT2D eigenvalue weighted by Crippen LogP contribution is 2.34. The fraction of sp³-hybridized carbons (Fsp3) is 0.647. The van der Waals surface area contributed by atoms with Gasteiger partial charge in [0.2, 0.25) is 5.95 Å². The molecule has 0 spiro atoms. The van der Waals surface area contributed by atoms with Crippen molar-refractivity contribution in [1.82, 2.24) is 14.6 Å². The molecular formula is C17H23FN4O2. The van der Waals surface area contributed by atoms with E-state index in [0.29, 0.717) is 37.0 Å². The summed E-state index contributed by atoms with van der Waals surface area (Å²) >= 11 is 0. The number of nitrogens with zero attached hydrogens (tertiary/aromatic N) is 3. The zero-order chi connectivity index (χ0) is 16.5. The van der Waals surface area contributed by atoms with Crippen molar-refractivity contribution < 1.29 is 14.2 Å². The molecule has 1 saturated carbocycles. The molecule has 7 heteroatoms. The van der Waals surface area contributed by atoms with Crippen LogP contribution in [0.3, 0.4) is 0 Å². The maximum Gasteiger partial charge on any atom is 0.241 e. The summed E-state index contributed by atoms with van der Waals surface area (Å²) in [6.45, 7) is 0.911. The van der Waals surface area contributed by atoms with E-state index in [4.69, 9.17) is 4.74 Å². The summed E-state index contributed by atoms with van der Waals surface area (Å²) in [5, 5.41) is 17.7. The summed E-state index contributed by atoms with van der Waals surface area (Å²) in [5.74, 6) is 0.501. The number of hydrogen-bond acceptors (Lipinski definition) is 5. The fourth-order valence-electron chi connectivity index (χ4n) is 3.79. The third-order valence-corrected chi connectivity index (χ3v) is 5.16. The van der Waals surface area contributed by atoms with E-state index >= 15 is 0 Å². The molecule has 1 saturated heterocycles. The van der Waals surface area contributed by atoms with E-state index in [0.717, 1.165) is 18.5 Å². The van der Waals surface area contributed by atoms with Crippen LogP contribution in [0.15, 0.2) is 12.3 Å². The Morgan fingerprint density at radius 3 is 2.88 bits per heavy atom. The molecule has 0 unspecified atom stereocenters. The maximum atomic E-state index is 14.2. The van der Waals surface area contributed by atoms with Crippen LogP contribution in [0.25, 0.3) is 5.52 Å². The SMILES string of the molecule is O[C@@H]1COCC[C@H]1Nc1ncc2c(F)cc(C3CCCCC3)n2n1. The van der Waals surface area contributed by atoms with Crippen molar-refractivity contribution in [3.8, 4) is 0 Å². The van der Waals surface area contributed by atoms with Crippen LogP contribution in [0, 0.1) is 5.82 Å². The molecule has 4 rings (SSSR count). The van der Waals surface area contributed by atoms with Crippen LogP contribution in [0.2, 0.25) is 0 Å². The van der Waals surface area contributed by atoms with Crippen LogP contribution in [0.1, 0.15) is 50.1 Å². The highest BCUT2D eigenvalue weighted by atomic mass is 19.1. The Morgan fingerprint density at radius 2 is 2.08 bits per heavy atom. The summed E-state index contributed by atoms with van der Waals surface area (Å²) in [6.07, 6.45) is 7.41. The van der Waals surface area contributed by atoms with Gasteiger partial charge in [0.15, 0.2) is 5.82 Å². The van der Waals surface area contributed by atoms with Gasteiger partial charge in [-0.25, -0.2) is 13.9 Å². The highest BCUT2D eigenvalue weighted by Gasteiger charge is 2.25. The number of halogens is 1. The van der Waals surface area contributed by atoms with Gasteiger partial charge in [-0.2, -0.15) is 0 Å². The molecule has 2 aromatic heterocycles. The zero-order valence-corrected chi connectivity index (χ0v) is 13.6. The third-order valence-electron chi connectivity index (χ3n) is 5.16. The van der Waals surface area contributed by atoms with E-state index in [1.165, 1.54) is 25.5 Å². The molecule has 2 atom stereocenters. The zero-order valence-electron chi connectivity index (χ0n) is 13.6. The van der Waals surface area contributed by atoms with Crippen LogP contribution in [-0.4, -0.2) is 45.1 Å². The molecule has 2 aliphatic rings. The van der Waals surface area contributed by atoms with Gasteiger partial charge in [-0.15, -0.1) is 5.10 Å². The molecule has 3 heterocycles. The topological polar surface area (TPSA) is 71.7 Å². The average Bonchev–Trinajstić information content (AvgIpc) is 2.94. The van der Waals surface area contributed by atoms with Crippen molar-refractivity contribution in [1.29, 1.82) is 0 Å². The lowest BCUT2D eigenvalue weighted by Crippen LogP contribution is -2.42. The quantitative estimate of drug-likeness (QED) is 0.902. The van der Waals surface area contributed by atoms with Gasteiger partial charge in [-0.05, 0) is 25.3 Å². The van der Waals surface area contributed by atoms with Gasteiger partial charge in [0, 0.05) is 18.2 Å². The average molecular weight is 334 g/mol. The van der Waals surface area contributed by atoms with E-state index < -0.39 is 6.10 Å². The number of aliphatic hydroxyl groups is 1. The van der Waals surface area contributed by atoms with Crippen LogP contribution >= 0.6 is 0 Å². The number of rotatable bonds is 3. The number of ether oxygens (including phenoxy) is 1. The lowest BCUT2D eigenvalue weighted by molar-refractivity contribution is -0.0136. The standard InChI is InChI=1S/C17H23FN4O2/c18-12-8-14(11-4-2-1-3-5-11)22-15(12)9-19-17(21-22)20-13-6-7-24-10-16(13)23/h8-9,11,13,16,23H,1-7,10H2,(H,20,21)/t13-,16-/m1/s1. The van der Waals surface area contributed by atoms with E-state index in [2.05, 4.69) is 15.4 Å². The fourth-order valence-corrected chi connectivity index (χ4v) is 3.79. The monoisotopic (exact) mass is 334 g/mol. The Bertz CT molecular complexity index is 714. The summed E-state index contributed by atoms with van der Waals surface area (Å²) < 4.78 is 21.2. The molecular weight excluding hydrogens is 311 g/mol. The Hall–Kier alpha value is -1.73. The van der Waals surface area contributed by atoms with Crippen molar-refractivity contribution >= 4 is 11.5 Å². The Balaban J connectivity index is 1.63. The summed E-state index contributed by atoms with van der Waals surface area (Å²) in [7, 11) is 0. The lowest BCUT2D eigenvalue weighted by atomic mass is 9.87. The van der Waals surface area contributed by atoms with E-state index in [1.54, 1.807) is 10.6 Å². The highest BCUT2D eigenvalue weighted by molar-refractivity contribution is 5.50. The number of fused-ring (bicyclic) bond motifs is 1. The predicted octanol–water partition coefficient (Wildman–Crippen LogP) is 2.48. The van der Waals surface area contributed by atoms with Crippen LogP contribution < -0.4 is 5.32 Å². The van der Waals surface area contributed by atoms with Gasteiger partial charge in [0.05, 0.1) is 24.9 Å². The molecule has 0 aromatic carbocycles. The number of aromatic nitrogens is 3. The van der Waals surface area contributed by atoms with Crippen molar-refractivity contribution in [2.45, 2.75) is 56.6 Å². The molecule has 0 bridgehead atoms. The number of hydrogen-bond donors (Lipinski definition) is 2. The summed E-state index contributed by atoms with van der Waals surface area (Å²) in [5.41, 5.74) is 1.34. The Labute approximate surface area is 140 Å². The van der Waals surface area contributed by atoms with E-state index in [9.17, 15) is 9.50 Å². The summed E-state index contributed by atoms with van der Waals surface area (Å²) in [4.78, 5) is 4.22. The van der Waals surface area contributed by atoms with Gasteiger partial charge in [0.1, 0.15) is 5.52 Å². The molecule has 1 aliphatic heterocycles. The van der Waals surface area contributed by atoms with Crippen molar-refractivity contribution in [3.63, 3.8) is 0 Å². The first kappa shape index (κ1) is 15.8. The smallest absolute Gasteiger partial charge is 0.241 e. The predicted molar refractivity (Wildman–Crippen MR) is 87.6 cm³/mol. The normalized spacial score (nSPS) is 25.9. The first-order valence-corrected chi connectivity index (χ1v) is 8.79. The largest absolute Gasteiger partial charge is 0.389 e. The molecule has 6 nitrogen and oxygen atoms in total. The molecule has 2 fully saturated rings. The third kappa shape index (κ3) is 2.98. The Morgan fingerprint density at radius 1 is 1.25 bits per heavy atom. The minimum Gasteiger partial charge on any atom is -0.389 e. The van der Waals surface area contributed by atoms with Crippen molar-refractivity contribution in [3.05, 3.63) is 23.8 Å². The van der Waals surface area contributed by atoms with Gasteiger partial charge >= 0.3 is 0 Å². The second-order valence-electron chi connectivity index (χ2n) is 6.81. The van der Waals surface area contributed by atoms with Crippen LogP contribution in [0.5, 0.6) is 0 Å². The maximum absolute atomic E-state index is 14.2. The van der Waals surface area contributed by atoms with Crippen molar-refractivity contribution in [2.24, 2.45) is 0 Å². The van der Waals surface area contributed by atoms with Crippen molar-refractivity contribution in [2.75, 3.05) is 18.5 Å². The van der Waals surface area contributed by atoms with Gasteiger partial charge < -0.3 is 15.2 Å².